The Kier molecular flexibility index (Phi) is 8.16. The van der Waals surface area contributed by atoms with Crippen LogP contribution in [0.15, 0.2) is 89.4 Å². The van der Waals surface area contributed by atoms with Crippen LogP contribution in [0, 0.1) is 17.0 Å². The summed E-state index contributed by atoms with van der Waals surface area (Å²) in [6, 6.07) is 22.4. The smallest absolute Gasteiger partial charge is 0.280 e. The SMILES string of the molecule is Cc1ccc(C(=O)N2CCN(c3c(Cl)cccc3NC(=O)/C=C/c3ccc(-c4ccccc4[N+](=O)[O-])o3)CC2)cc1. The van der Waals surface area contributed by atoms with Gasteiger partial charge in [0.1, 0.15) is 11.5 Å². The normalized spacial score (nSPS) is 13.4. The van der Waals surface area contributed by atoms with Crippen LogP contribution in [0.1, 0.15) is 21.7 Å². The molecule has 0 atom stereocenters. The molecule has 0 unspecified atom stereocenters. The van der Waals surface area contributed by atoms with Crippen LogP contribution in [0.2, 0.25) is 5.02 Å². The number of hydrogen-bond donors (Lipinski definition) is 1. The Balaban J connectivity index is 1.25. The first-order chi connectivity index (χ1) is 19.8. The maximum Gasteiger partial charge on any atom is 0.280 e. The minimum atomic E-state index is -0.467. The molecule has 1 saturated heterocycles. The molecule has 3 aromatic carbocycles. The van der Waals surface area contributed by atoms with E-state index >= 15 is 0 Å². The highest BCUT2D eigenvalue weighted by atomic mass is 35.5. The van der Waals surface area contributed by atoms with E-state index in [1.165, 1.54) is 18.2 Å². The van der Waals surface area contributed by atoms with Crippen LogP contribution in [0.5, 0.6) is 0 Å². The number of anilines is 2. The Morgan fingerprint density at radius 1 is 0.951 bits per heavy atom. The molecule has 1 aliphatic heterocycles. The summed E-state index contributed by atoms with van der Waals surface area (Å²) < 4.78 is 5.73. The molecule has 0 radical (unpaired) electrons. The monoisotopic (exact) mass is 570 g/mol. The van der Waals surface area contributed by atoms with Crippen LogP contribution >= 0.6 is 11.6 Å². The second-order valence-corrected chi connectivity index (χ2v) is 9.99. The van der Waals surface area contributed by atoms with Gasteiger partial charge >= 0.3 is 0 Å². The predicted octanol–water partition coefficient (Wildman–Crippen LogP) is 6.43. The van der Waals surface area contributed by atoms with E-state index in [2.05, 4.69) is 10.2 Å². The van der Waals surface area contributed by atoms with Gasteiger partial charge in [-0.05, 0) is 55.5 Å². The van der Waals surface area contributed by atoms with Crippen LogP contribution in [0.3, 0.4) is 0 Å². The molecule has 0 aliphatic carbocycles. The van der Waals surface area contributed by atoms with E-state index in [-0.39, 0.29) is 11.6 Å². The molecule has 2 amide bonds. The van der Waals surface area contributed by atoms with Gasteiger partial charge in [0.25, 0.3) is 11.6 Å². The molecule has 1 fully saturated rings. The second kappa shape index (κ2) is 12.1. The zero-order valence-electron chi connectivity index (χ0n) is 22.2. The standard InChI is InChI=1S/C31H27ClN4O5/c1-21-9-11-22(12-10-21)31(38)35-19-17-34(18-20-35)30-25(32)6-4-7-26(30)33-29(37)16-14-23-13-15-28(41-23)24-5-2-3-8-27(24)36(39)40/h2-16H,17-20H2,1H3,(H,33,37)/b16-14+. The molecule has 208 valence electrons. The summed E-state index contributed by atoms with van der Waals surface area (Å²) in [4.78, 5) is 40.5. The van der Waals surface area contributed by atoms with Crippen molar-refractivity contribution >= 4 is 46.6 Å². The Hall–Kier alpha value is -4.89. The number of piperazine rings is 1. The largest absolute Gasteiger partial charge is 0.456 e. The number of nitrogens with one attached hydrogen (secondary N) is 1. The molecule has 1 N–H and O–H groups in total. The van der Waals surface area contributed by atoms with Gasteiger partial charge in [0, 0.05) is 43.9 Å². The van der Waals surface area contributed by atoms with Gasteiger partial charge in [-0.2, -0.15) is 0 Å². The van der Waals surface area contributed by atoms with Crippen molar-refractivity contribution in [3.63, 3.8) is 0 Å². The van der Waals surface area contributed by atoms with Gasteiger partial charge in [0.15, 0.2) is 0 Å². The van der Waals surface area contributed by atoms with E-state index in [1.54, 1.807) is 48.5 Å². The summed E-state index contributed by atoms with van der Waals surface area (Å²) in [6.07, 6.45) is 2.82. The summed E-state index contributed by atoms with van der Waals surface area (Å²) >= 11 is 6.57. The Bertz CT molecular complexity index is 1620. The van der Waals surface area contributed by atoms with Crippen molar-refractivity contribution in [1.29, 1.82) is 0 Å². The number of carbonyl (C=O) groups is 2. The number of furan rings is 1. The highest BCUT2D eigenvalue weighted by molar-refractivity contribution is 6.34. The third-order valence-corrected chi connectivity index (χ3v) is 7.12. The first kappa shape index (κ1) is 27.7. The van der Waals surface area contributed by atoms with Gasteiger partial charge in [-0.1, -0.05) is 47.5 Å². The fourth-order valence-electron chi connectivity index (χ4n) is 4.71. The summed E-state index contributed by atoms with van der Waals surface area (Å²) in [5.41, 5.74) is 3.28. The van der Waals surface area contributed by atoms with Crippen LogP contribution in [0.4, 0.5) is 17.1 Å². The van der Waals surface area contributed by atoms with Crippen molar-refractivity contribution in [2.24, 2.45) is 0 Å². The Labute approximate surface area is 241 Å². The minimum absolute atomic E-state index is 0.00887. The third-order valence-electron chi connectivity index (χ3n) is 6.82. The summed E-state index contributed by atoms with van der Waals surface area (Å²) in [5.74, 6) is 0.291. The fraction of sp³-hybridized carbons (Fsp3) is 0.161. The number of aryl methyl sites for hydroxylation is 1. The zero-order valence-corrected chi connectivity index (χ0v) is 23.0. The third kappa shape index (κ3) is 6.31. The number of amides is 2. The van der Waals surface area contributed by atoms with Crippen LogP contribution in [-0.2, 0) is 4.79 Å². The van der Waals surface area contributed by atoms with E-state index in [9.17, 15) is 19.7 Å². The molecule has 10 heteroatoms. The number of carbonyl (C=O) groups excluding carboxylic acids is 2. The van der Waals surface area contributed by atoms with Gasteiger partial charge in [0.2, 0.25) is 5.91 Å². The fourth-order valence-corrected chi connectivity index (χ4v) is 5.00. The Morgan fingerprint density at radius 2 is 1.68 bits per heavy atom. The maximum absolute atomic E-state index is 12.9. The quantitative estimate of drug-likeness (QED) is 0.156. The first-order valence-corrected chi connectivity index (χ1v) is 13.4. The summed E-state index contributed by atoms with van der Waals surface area (Å²) in [6.45, 7) is 4.14. The lowest BCUT2D eigenvalue weighted by Gasteiger charge is -2.37. The van der Waals surface area contributed by atoms with Gasteiger partial charge in [-0.15, -0.1) is 0 Å². The predicted molar refractivity (Wildman–Crippen MR) is 159 cm³/mol. The van der Waals surface area contributed by atoms with Crippen molar-refractivity contribution in [1.82, 2.24) is 4.90 Å². The van der Waals surface area contributed by atoms with Gasteiger partial charge in [0.05, 0.1) is 26.9 Å². The van der Waals surface area contributed by atoms with Gasteiger partial charge < -0.3 is 19.5 Å². The number of para-hydroxylation sites is 2. The molecule has 1 aliphatic rings. The van der Waals surface area contributed by atoms with Crippen molar-refractivity contribution in [3.8, 4) is 11.3 Å². The molecular weight excluding hydrogens is 544 g/mol. The molecule has 5 rings (SSSR count). The van der Waals surface area contributed by atoms with E-state index in [1.807, 2.05) is 36.1 Å². The van der Waals surface area contributed by atoms with Crippen LogP contribution < -0.4 is 10.2 Å². The molecule has 9 nitrogen and oxygen atoms in total. The number of halogens is 1. The van der Waals surface area contributed by atoms with E-state index in [0.717, 1.165) is 5.56 Å². The number of benzene rings is 3. The van der Waals surface area contributed by atoms with Crippen molar-refractivity contribution in [2.75, 3.05) is 36.4 Å². The average molecular weight is 571 g/mol. The van der Waals surface area contributed by atoms with Crippen LogP contribution in [-0.4, -0.2) is 47.8 Å². The average Bonchev–Trinajstić information content (AvgIpc) is 3.45. The van der Waals surface area contributed by atoms with E-state index < -0.39 is 10.8 Å². The Morgan fingerprint density at radius 3 is 2.41 bits per heavy atom. The number of nitrogens with zero attached hydrogens (tertiary/aromatic N) is 3. The van der Waals surface area contributed by atoms with Crippen molar-refractivity contribution < 1.29 is 18.9 Å². The molecule has 2 heterocycles. The summed E-state index contributed by atoms with van der Waals surface area (Å²) in [7, 11) is 0. The molecule has 0 saturated carbocycles. The van der Waals surface area contributed by atoms with E-state index in [4.69, 9.17) is 16.0 Å². The number of rotatable bonds is 7. The number of nitro groups is 1. The maximum atomic E-state index is 12.9. The molecule has 4 aromatic rings. The number of hydrogen-bond acceptors (Lipinski definition) is 6. The highest BCUT2D eigenvalue weighted by Crippen LogP contribution is 2.35. The molecule has 41 heavy (non-hydrogen) atoms. The van der Waals surface area contributed by atoms with Crippen molar-refractivity contribution in [3.05, 3.63) is 117 Å². The lowest BCUT2D eigenvalue weighted by Crippen LogP contribution is -2.49. The van der Waals surface area contributed by atoms with Gasteiger partial charge in [-0.25, -0.2) is 0 Å². The second-order valence-electron chi connectivity index (χ2n) is 9.58. The molecular formula is C31H27ClN4O5. The topological polar surface area (TPSA) is 109 Å². The molecule has 0 spiro atoms. The molecule has 1 aromatic heterocycles. The lowest BCUT2D eigenvalue weighted by molar-refractivity contribution is -0.384. The van der Waals surface area contributed by atoms with E-state index in [0.29, 0.717) is 65.2 Å². The number of nitro benzene ring substituents is 1. The minimum Gasteiger partial charge on any atom is -0.456 e. The zero-order chi connectivity index (χ0) is 28.9. The van der Waals surface area contributed by atoms with Gasteiger partial charge in [-0.3, -0.25) is 19.7 Å². The highest BCUT2D eigenvalue weighted by Gasteiger charge is 2.25. The van der Waals surface area contributed by atoms with Crippen molar-refractivity contribution in [2.45, 2.75) is 6.92 Å². The lowest BCUT2D eigenvalue weighted by atomic mass is 10.1. The van der Waals surface area contributed by atoms with Crippen LogP contribution in [0.25, 0.3) is 17.4 Å². The summed E-state index contributed by atoms with van der Waals surface area (Å²) in [5, 5.41) is 14.7. The molecule has 0 bridgehead atoms. The first-order valence-electron chi connectivity index (χ1n) is 13.0.